The van der Waals surface area contributed by atoms with Crippen molar-refractivity contribution in [2.45, 2.75) is 25.8 Å². The van der Waals surface area contributed by atoms with Crippen LogP contribution in [0, 0.1) is 5.92 Å². The Balaban J connectivity index is 1.23. The first kappa shape index (κ1) is 18.6. The van der Waals surface area contributed by atoms with Gasteiger partial charge in [-0.15, -0.1) is 0 Å². The van der Waals surface area contributed by atoms with Gasteiger partial charge in [-0.1, -0.05) is 6.07 Å². The number of hydrogen-bond acceptors (Lipinski definition) is 6. The maximum atomic E-state index is 12.5. The maximum Gasteiger partial charge on any atom is 0.231 e. The van der Waals surface area contributed by atoms with E-state index in [1.165, 1.54) is 5.56 Å². The molecule has 2 saturated heterocycles. The zero-order chi connectivity index (χ0) is 18.9. The van der Waals surface area contributed by atoms with E-state index >= 15 is 0 Å². The molecular formula is C19H26N2O5S. The van der Waals surface area contributed by atoms with E-state index in [2.05, 4.69) is 11.0 Å². The largest absolute Gasteiger partial charge is 0.454 e. The van der Waals surface area contributed by atoms with E-state index in [1.54, 1.807) is 0 Å². The summed E-state index contributed by atoms with van der Waals surface area (Å²) in [6, 6.07) is 6.03. The molecule has 0 aromatic heterocycles. The van der Waals surface area contributed by atoms with Crippen LogP contribution >= 0.6 is 0 Å². The van der Waals surface area contributed by atoms with E-state index in [-0.39, 0.29) is 30.1 Å². The number of amides is 1. The molecule has 0 spiro atoms. The van der Waals surface area contributed by atoms with Gasteiger partial charge in [-0.2, -0.15) is 0 Å². The standard InChI is InChI=1S/C19H26N2O5S/c22-19(12-15-3-9-27(23,24)10-4-15)21-7-5-20(6-8-21)13-16-1-2-17-18(11-16)26-14-25-17/h1-2,11,15H,3-10,12-14H2. The highest BCUT2D eigenvalue weighted by atomic mass is 32.2. The molecular weight excluding hydrogens is 368 g/mol. The molecule has 1 aromatic carbocycles. The zero-order valence-electron chi connectivity index (χ0n) is 15.4. The Hall–Kier alpha value is -1.80. The molecule has 0 saturated carbocycles. The molecule has 3 aliphatic heterocycles. The smallest absolute Gasteiger partial charge is 0.231 e. The molecule has 0 atom stereocenters. The van der Waals surface area contributed by atoms with E-state index in [9.17, 15) is 13.2 Å². The summed E-state index contributed by atoms with van der Waals surface area (Å²) in [5.41, 5.74) is 1.18. The third-order valence-corrected chi connectivity index (χ3v) is 7.42. The van der Waals surface area contributed by atoms with Gasteiger partial charge in [0.05, 0.1) is 11.5 Å². The van der Waals surface area contributed by atoms with Crippen molar-refractivity contribution in [2.24, 2.45) is 5.92 Å². The van der Waals surface area contributed by atoms with Crippen LogP contribution in [0.1, 0.15) is 24.8 Å². The second-order valence-corrected chi connectivity index (χ2v) is 9.95. The molecule has 1 amide bonds. The molecule has 8 heteroatoms. The van der Waals surface area contributed by atoms with E-state index in [4.69, 9.17) is 9.47 Å². The number of carbonyl (C=O) groups excluding carboxylic acids is 1. The van der Waals surface area contributed by atoms with Gasteiger partial charge in [-0.3, -0.25) is 9.69 Å². The summed E-state index contributed by atoms with van der Waals surface area (Å²) in [4.78, 5) is 16.8. The predicted octanol–water partition coefficient (Wildman–Crippen LogP) is 1.27. The first-order valence-electron chi connectivity index (χ1n) is 9.58. The highest BCUT2D eigenvalue weighted by Gasteiger charge is 2.28. The molecule has 1 aromatic rings. The maximum absolute atomic E-state index is 12.5. The topological polar surface area (TPSA) is 76.2 Å². The summed E-state index contributed by atoms with van der Waals surface area (Å²) in [5.74, 6) is 2.44. The van der Waals surface area contributed by atoms with Gasteiger partial charge >= 0.3 is 0 Å². The van der Waals surface area contributed by atoms with Crippen molar-refractivity contribution in [2.75, 3.05) is 44.5 Å². The summed E-state index contributed by atoms with van der Waals surface area (Å²) in [6.45, 7) is 4.27. The van der Waals surface area contributed by atoms with Crippen molar-refractivity contribution in [1.29, 1.82) is 0 Å². The van der Waals surface area contributed by atoms with Crippen LogP contribution in [0.2, 0.25) is 0 Å². The number of sulfone groups is 1. The van der Waals surface area contributed by atoms with E-state index in [0.29, 0.717) is 19.3 Å². The molecule has 7 nitrogen and oxygen atoms in total. The fraction of sp³-hybridized carbons (Fsp3) is 0.632. The number of nitrogens with zero attached hydrogens (tertiary/aromatic N) is 2. The molecule has 0 radical (unpaired) electrons. The molecule has 148 valence electrons. The Morgan fingerprint density at radius 2 is 1.74 bits per heavy atom. The normalized spacial score (nSPS) is 22.7. The quantitative estimate of drug-likeness (QED) is 0.766. The lowest BCUT2D eigenvalue weighted by Crippen LogP contribution is -2.48. The summed E-state index contributed by atoms with van der Waals surface area (Å²) >= 11 is 0. The Bertz CT molecular complexity index is 788. The predicted molar refractivity (Wildman–Crippen MR) is 100 cm³/mol. The molecule has 0 N–H and O–H groups in total. The highest BCUT2D eigenvalue weighted by Crippen LogP contribution is 2.33. The molecule has 0 unspecified atom stereocenters. The molecule has 3 heterocycles. The van der Waals surface area contributed by atoms with E-state index in [0.717, 1.165) is 44.2 Å². The molecule has 0 bridgehead atoms. The lowest BCUT2D eigenvalue weighted by molar-refractivity contribution is -0.134. The molecule has 2 fully saturated rings. The first-order valence-corrected chi connectivity index (χ1v) is 11.4. The number of piperazine rings is 1. The van der Waals surface area contributed by atoms with Crippen molar-refractivity contribution in [3.63, 3.8) is 0 Å². The average molecular weight is 394 g/mol. The number of rotatable bonds is 4. The Morgan fingerprint density at radius 1 is 1.04 bits per heavy atom. The van der Waals surface area contributed by atoms with E-state index in [1.807, 2.05) is 17.0 Å². The average Bonchev–Trinajstić information content (AvgIpc) is 3.12. The second-order valence-electron chi connectivity index (χ2n) is 7.64. The van der Waals surface area contributed by atoms with Crippen LogP contribution in [0.25, 0.3) is 0 Å². The minimum atomic E-state index is -2.87. The van der Waals surface area contributed by atoms with Gasteiger partial charge in [0.15, 0.2) is 11.5 Å². The van der Waals surface area contributed by atoms with Crippen molar-refractivity contribution in [3.05, 3.63) is 23.8 Å². The van der Waals surface area contributed by atoms with Crippen LogP contribution in [0.5, 0.6) is 11.5 Å². The Labute approximate surface area is 160 Å². The van der Waals surface area contributed by atoms with Gasteiger partial charge in [0.2, 0.25) is 12.7 Å². The Kier molecular flexibility index (Phi) is 5.27. The number of fused-ring (bicyclic) bond motifs is 1. The second kappa shape index (κ2) is 7.67. The van der Waals surface area contributed by atoms with Gasteiger partial charge in [0.1, 0.15) is 9.84 Å². The minimum absolute atomic E-state index is 0.169. The number of benzene rings is 1. The summed E-state index contributed by atoms with van der Waals surface area (Å²) in [5, 5.41) is 0. The number of hydrogen-bond donors (Lipinski definition) is 0. The number of ether oxygens (including phenoxy) is 2. The van der Waals surface area contributed by atoms with Gasteiger partial charge in [0, 0.05) is 39.1 Å². The van der Waals surface area contributed by atoms with Crippen LogP contribution in [0.4, 0.5) is 0 Å². The molecule has 3 aliphatic rings. The Morgan fingerprint density at radius 3 is 2.48 bits per heavy atom. The molecule has 27 heavy (non-hydrogen) atoms. The summed E-state index contributed by atoms with van der Waals surface area (Å²) in [6.07, 6.45) is 1.73. The van der Waals surface area contributed by atoms with Gasteiger partial charge in [-0.05, 0) is 36.5 Å². The van der Waals surface area contributed by atoms with Gasteiger partial charge < -0.3 is 14.4 Å². The first-order chi connectivity index (χ1) is 13.0. The molecule has 0 aliphatic carbocycles. The lowest BCUT2D eigenvalue weighted by atomic mass is 9.98. The van der Waals surface area contributed by atoms with Crippen LogP contribution < -0.4 is 9.47 Å². The van der Waals surface area contributed by atoms with Crippen LogP contribution in [-0.4, -0.2) is 68.6 Å². The van der Waals surface area contributed by atoms with Crippen LogP contribution in [-0.2, 0) is 21.2 Å². The van der Waals surface area contributed by atoms with Crippen molar-refractivity contribution in [1.82, 2.24) is 9.80 Å². The lowest BCUT2D eigenvalue weighted by Gasteiger charge is -2.35. The minimum Gasteiger partial charge on any atom is -0.454 e. The van der Waals surface area contributed by atoms with Crippen molar-refractivity contribution in [3.8, 4) is 11.5 Å². The summed E-state index contributed by atoms with van der Waals surface area (Å²) in [7, 11) is -2.87. The van der Waals surface area contributed by atoms with E-state index < -0.39 is 9.84 Å². The third kappa shape index (κ3) is 4.55. The van der Waals surface area contributed by atoms with Crippen molar-refractivity contribution >= 4 is 15.7 Å². The zero-order valence-corrected chi connectivity index (χ0v) is 16.2. The van der Waals surface area contributed by atoms with Gasteiger partial charge in [-0.25, -0.2) is 8.42 Å². The monoisotopic (exact) mass is 394 g/mol. The number of carbonyl (C=O) groups is 1. The highest BCUT2D eigenvalue weighted by molar-refractivity contribution is 7.91. The fourth-order valence-electron chi connectivity index (χ4n) is 3.97. The van der Waals surface area contributed by atoms with Crippen molar-refractivity contribution < 1.29 is 22.7 Å². The van der Waals surface area contributed by atoms with Gasteiger partial charge in [0.25, 0.3) is 0 Å². The SMILES string of the molecule is O=C(CC1CCS(=O)(=O)CC1)N1CCN(Cc2ccc3c(c2)OCO3)CC1. The third-order valence-electron chi connectivity index (χ3n) is 5.71. The fourth-order valence-corrected chi connectivity index (χ4v) is 5.56. The van der Waals surface area contributed by atoms with Crippen LogP contribution in [0.3, 0.4) is 0 Å². The van der Waals surface area contributed by atoms with Crippen LogP contribution in [0.15, 0.2) is 18.2 Å². The summed E-state index contributed by atoms with van der Waals surface area (Å²) < 4.78 is 33.8. The molecule has 4 rings (SSSR count).